The molecule has 0 spiro atoms. The summed E-state index contributed by atoms with van der Waals surface area (Å²) < 4.78 is 43.9. The first-order valence-corrected chi connectivity index (χ1v) is 12.8. The number of carbonyl (C=O) groups excluding carboxylic acids is 1. The molecule has 0 radical (unpaired) electrons. The number of amides is 1. The number of sulfonamides is 1. The zero-order chi connectivity index (χ0) is 22.9. The van der Waals surface area contributed by atoms with Crippen molar-refractivity contribution >= 4 is 33.0 Å². The fraction of sp³-hybridized carbons (Fsp3) is 0.364. The number of likely N-dealkylation sites (tertiary alicyclic amines) is 1. The first kappa shape index (κ1) is 22.5. The van der Waals surface area contributed by atoms with Gasteiger partial charge in [0.2, 0.25) is 5.91 Å². The number of anilines is 1. The number of halogens is 1. The number of piperidine rings is 1. The summed E-state index contributed by atoms with van der Waals surface area (Å²) in [5.74, 6) is -0.579. The molecule has 2 aromatic heterocycles. The van der Waals surface area contributed by atoms with E-state index in [9.17, 15) is 17.6 Å². The number of nitrogens with one attached hydrogen (secondary N) is 1. The van der Waals surface area contributed by atoms with E-state index in [1.54, 1.807) is 11.5 Å². The Balaban J connectivity index is 1.68. The molecule has 1 N–H and O–H groups in total. The third-order valence-electron chi connectivity index (χ3n) is 5.48. The van der Waals surface area contributed by atoms with Gasteiger partial charge in [-0.25, -0.2) is 17.8 Å². The molecular formula is C22H25FN4O3S2. The molecular weight excluding hydrogens is 451 g/mol. The molecule has 0 aliphatic carbocycles. The van der Waals surface area contributed by atoms with Gasteiger partial charge in [-0.15, -0.1) is 11.3 Å². The van der Waals surface area contributed by atoms with Gasteiger partial charge in [0.05, 0.1) is 11.4 Å². The molecule has 10 heteroatoms. The third kappa shape index (κ3) is 4.86. The van der Waals surface area contributed by atoms with E-state index in [1.807, 2.05) is 17.2 Å². The van der Waals surface area contributed by atoms with Crippen LogP contribution in [0.2, 0.25) is 0 Å². The molecule has 0 saturated carbocycles. The van der Waals surface area contributed by atoms with Gasteiger partial charge >= 0.3 is 0 Å². The molecule has 1 saturated heterocycles. The number of benzene rings is 1. The fourth-order valence-electron chi connectivity index (χ4n) is 3.71. The molecule has 170 valence electrons. The van der Waals surface area contributed by atoms with Gasteiger partial charge in [-0.05, 0) is 56.9 Å². The summed E-state index contributed by atoms with van der Waals surface area (Å²) in [6, 6.07) is 5.45. The van der Waals surface area contributed by atoms with Crippen LogP contribution >= 0.6 is 11.3 Å². The summed E-state index contributed by atoms with van der Waals surface area (Å²) in [5.41, 5.74) is 2.15. The Bertz CT molecular complexity index is 1240. The van der Waals surface area contributed by atoms with Crippen molar-refractivity contribution in [1.82, 2.24) is 14.5 Å². The molecule has 0 bridgehead atoms. The minimum Gasteiger partial charge on any atom is -0.341 e. The highest BCUT2D eigenvalue weighted by Gasteiger charge is 2.24. The molecule has 0 unspecified atom stereocenters. The Morgan fingerprint density at radius 3 is 2.62 bits per heavy atom. The maximum absolute atomic E-state index is 13.6. The summed E-state index contributed by atoms with van der Waals surface area (Å²) >= 11 is 1.39. The van der Waals surface area contributed by atoms with Gasteiger partial charge in [0.1, 0.15) is 22.3 Å². The van der Waals surface area contributed by atoms with Crippen molar-refractivity contribution in [1.29, 1.82) is 0 Å². The molecule has 32 heavy (non-hydrogen) atoms. The molecule has 1 aliphatic rings. The lowest BCUT2D eigenvalue weighted by molar-refractivity contribution is -0.132. The topological polar surface area (TPSA) is 84.3 Å². The number of rotatable bonds is 6. The number of hydrogen-bond acceptors (Lipinski definition) is 5. The molecule has 1 fully saturated rings. The van der Waals surface area contributed by atoms with Crippen molar-refractivity contribution in [3.8, 4) is 10.7 Å². The van der Waals surface area contributed by atoms with Gasteiger partial charge in [0, 0.05) is 30.4 Å². The highest BCUT2D eigenvalue weighted by Crippen LogP contribution is 2.29. The predicted octanol–water partition coefficient (Wildman–Crippen LogP) is 4.18. The van der Waals surface area contributed by atoms with E-state index >= 15 is 0 Å². The highest BCUT2D eigenvalue weighted by molar-refractivity contribution is 7.92. The van der Waals surface area contributed by atoms with Crippen LogP contribution in [0.5, 0.6) is 0 Å². The number of thiazole rings is 1. The van der Waals surface area contributed by atoms with Crippen LogP contribution in [0.25, 0.3) is 10.7 Å². The first-order valence-electron chi connectivity index (χ1n) is 10.4. The van der Waals surface area contributed by atoms with E-state index in [1.165, 1.54) is 35.7 Å². The lowest BCUT2D eigenvalue weighted by atomic mass is 10.1. The van der Waals surface area contributed by atoms with Gasteiger partial charge < -0.3 is 9.47 Å². The molecule has 0 atom stereocenters. The quantitative estimate of drug-likeness (QED) is 0.578. The summed E-state index contributed by atoms with van der Waals surface area (Å²) in [6.07, 6.45) is 4.52. The van der Waals surface area contributed by atoms with Crippen LogP contribution in [-0.2, 0) is 21.4 Å². The molecule has 4 rings (SSSR count). The predicted molar refractivity (Wildman–Crippen MR) is 123 cm³/mol. The molecule has 1 aromatic carbocycles. The van der Waals surface area contributed by atoms with Crippen LogP contribution in [0.15, 0.2) is 40.7 Å². The van der Waals surface area contributed by atoms with E-state index in [0.29, 0.717) is 16.3 Å². The monoisotopic (exact) mass is 476 g/mol. The standard InChI is InChI=1S/C22H25FN4O3S2/c1-15-6-7-17(23)10-19(15)25-32(29,30)18-11-20(22-24-16(2)14-31-22)27(12-18)13-21(28)26-8-4-3-5-9-26/h6-7,10-12,14,25H,3-5,8-9,13H2,1-2H3. The van der Waals surface area contributed by atoms with Crippen molar-refractivity contribution < 1.29 is 17.6 Å². The second-order valence-corrected chi connectivity index (χ2v) is 10.5. The van der Waals surface area contributed by atoms with E-state index in [-0.39, 0.29) is 23.0 Å². The zero-order valence-corrected chi connectivity index (χ0v) is 19.6. The minimum atomic E-state index is -4.00. The molecule has 3 aromatic rings. The van der Waals surface area contributed by atoms with Crippen molar-refractivity contribution in [2.75, 3.05) is 17.8 Å². The zero-order valence-electron chi connectivity index (χ0n) is 18.0. The molecule has 1 aliphatic heterocycles. The van der Waals surface area contributed by atoms with Crippen LogP contribution in [0.1, 0.15) is 30.5 Å². The van der Waals surface area contributed by atoms with Gasteiger partial charge in [0.25, 0.3) is 10.0 Å². The van der Waals surface area contributed by atoms with Crippen LogP contribution in [0.3, 0.4) is 0 Å². The Labute approximate surface area is 191 Å². The summed E-state index contributed by atoms with van der Waals surface area (Å²) in [5, 5.41) is 2.51. The molecule has 3 heterocycles. The maximum atomic E-state index is 13.6. The van der Waals surface area contributed by atoms with Crippen molar-refractivity contribution in [2.45, 2.75) is 44.6 Å². The van der Waals surface area contributed by atoms with Gasteiger partial charge in [0.15, 0.2) is 0 Å². The summed E-state index contributed by atoms with van der Waals surface area (Å²) in [7, 11) is -4.00. The lowest BCUT2D eigenvalue weighted by Gasteiger charge is -2.27. The Morgan fingerprint density at radius 2 is 1.94 bits per heavy atom. The van der Waals surface area contributed by atoms with Gasteiger partial charge in [-0.2, -0.15) is 0 Å². The highest BCUT2D eigenvalue weighted by atomic mass is 32.2. The van der Waals surface area contributed by atoms with E-state index in [2.05, 4.69) is 9.71 Å². The Kier molecular flexibility index (Phi) is 6.34. The van der Waals surface area contributed by atoms with Crippen LogP contribution < -0.4 is 4.72 Å². The second-order valence-electron chi connectivity index (χ2n) is 7.99. The Hall–Kier alpha value is -2.72. The van der Waals surface area contributed by atoms with Crippen molar-refractivity contribution in [2.24, 2.45) is 0 Å². The number of aromatic nitrogens is 2. The van der Waals surface area contributed by atoms with Crippen LogP contribution in [0, 0.1) is 19.7 Å². The average molecular weight is 477 g/mol. The minimum absolute atomic E-state index is 0.00421. The smallest absolute Gasteiger partial charge is 0.263 e. The normalized spacial score (nSPS) is 14.5. The van der Waals surface area contributed by atoms with Crippen molar-refractivity contribution in [3.63, 3.8) is 0 Å². The SMILES string of the molecule is Cc1csc(-c2cc(S(=O)(=O)Nc3cc(F)ccc3C)cn2CC(=O)N2CCCCC2)n1. The van der Waals surface area contributed by atoms with E-state index < -0.39 is 15.8 Å². The third-order valence-corrected chi connectivity index (χ3v) is 7.79. The number of aryl methyl sites for hydroxylation is 2. The van der Waals surface area contributed by atoms with Gasteiger partial charge in [-0.3, -0.25) is 9.52 Å². The average Bonchev–Trinajstić information content (AvgIpc) is 3.38. The number of carbonyl (C=O) groups is 1. The largest absolute Gasteiger partial charge is 0.341 e. The van der Waals surface area contributed by atoms with Crippen LogP contribution in [0.4, 0.5) is 10.1 Å². The second kappa shape index (κ2) is 9.03. The van der Waals surface area contributed by atoms with Crippen molar-refractivity contribution in [3.05, 3.63) is 52.9 Å². The number of nitrogens with zero attached hydrogens (tertiary/aromatic N) is 3. The Morgan fingerprint density at radius 1 is 1.19 bits per heavy atom. The maximum Gasteiger partial charge on any atom is 0.263 e. The van der Waals surface area contributed by atoms with Gasteiger partial charge in [-0.1, -0.05) is 6.07 Å². The summed E-state index contributed by atoms with van der Waals surface area (Å²) in [4.78, 5) is 19.2. The molecule has 7 nitrogen and oxygen atoms in total. The summed E-state index contributed by atoms with van der Waals surface area (Å²) in [6.45, 7) is 5.03. The first-order chi connectivity index (χ1) is 15.2. The fourth-order valence-corrected chi connectivity index (χ4v) is 5.70. The lowest BCUT2D eigenvalue weighted by Crippen LogP contribution is -2.37. The molecule has 1 amide bonds. The van der Waals surface area contributed by atoms with E-state index in [4.69, 9.17) is 0 Å². The van der Waals surface area contributed by atoms with E-state index in [0.717, 1.165) is 44.1 Å². The number of hydrogen-bond donors (Lipinski definition) is 1. The van der Waals surface area contributed by atoms with Crippen LogP contribution in [-0.4, -0.2) is 41.9 Å².